The van der Waals surface area contributed by atoms with Gasteiger partial charge in [0.15, 0.2) is 0 Å². The van der Waals surface area contributed by atoms with Gasteiger partial charge in [-0.25, -0.2) is 0 Å². The van der Waals surface area contributed by atoms with Crippen molar-refractivity contribution in [2.24, 2.45) is 0 Å². The summed E-state index contributed by atoms with van der Waals surface area (Å²) in [6.07, 6.45) is 1.88. The summed E-state index contributed by atoms with van der Waals surface area (Å²) in [5.41, 5.74) is 0. The zero-order valence-corrected chi connectivity index (χ0v) is 15.1. The van der Waals surface area contributed by atoms with E-state index in [9.17, 15) is 0 Å². The summed E-state index contributed by atoms with van der Waals surface area (Å²) in [4.78, 5) is 0. The average molecular weight is 336 g/mol. The molecule has 0 aromatic carbocycles. The van der Waals surface area contributed by atoms with E-state index in [0.29, 0.717) is 0 Å². The molecule has 0 saturated carbocycles. The second kappa shape index (κ2) is 9.41. The molecular weight excluding hydrogens is 312 g/mol. The molecule has 0 aromatic rings. The quantitative estimate of drug-likeness (QED) is 0.362. The van der Waals surface area contributed by atoms with E-state index >= 15 is 0 Å². The van der Waals surface area contributed by atoms with Gasteiger partial charge in [0, 0.05) is 27.4 Å². The lowest BCUT2D eigenvalue weighted by Gasteiger charge is -2.32. The Balaban J connectivity index is 4.18. The van der Waals surface area contributed by atoms with Crippen molar-refractivity contribution in [3.05, 3.63) is 6.92 Å². The van der Waals surface area contributed by atoms with Crippen LogP contribution in [0.15, 0.2) is 0 Å². The molecule has 0 heterocycles. The lowest BCUT2D eigenvalue weighted by Crippen LogP contribution is -2.42. The molecule has 3 nitrogen and oxygen atoms in total. The van der Waals surface area contributed by atoms with Crippen LogP contribution in [0.5, 0.6) is 0 Å². The van der Waals surface area contributed by atoms with Gasteiger partial charge in [0.1, 0.15) is 0 Å². The molecule has 0 N–H and O–H groups in total. The molecule has 0 aliphatic heterocycles. The van der Waals surface area contributed by atoms with E-state index in [1.54, 1.807) is 31.2 Å². The van der Waals surface area contributed by atoms with Crippen molar-refractivity contribution in [3.8, 4) is 0 Å². The smallest absolute Gasteiger partial charge is 0.377 e. The third kappa shape index (κ3) is 6.46. The number of hydrogen-bond acceptors (Lipinski definition) is 6. The van der Waals surface area contributed by atoms with E-state index in [1.807, 2.05) is 0 Å². The second-order valence-electron chi connectivity index (χ2n) is 3.51. The van der Waals surface area contributed by atoms with Crippen molar-refractivity contribution in [1.82, 2.24) is 0 Å². The van der Waals surface area contributed by atoms with Crippen molar-refractivity contribution < 1.29 is 13.3 Å². The zero-order chi connectivity index (χ0) is 13.4. The molecule has 1 atom stereocenters. The van der Waals surface area contributed by atoms with Crippen molar-refractivity contribution in [3.63, 3.8) is 0 Å². The van der Waals surface area contributed by atoms with Crippen LogP contribution in [0.4, 0.5) is 0 Å². The van der Waals surface area contributed by atoms with Gasteiger partial charge in [0.25, 0.3) is 0 Å². The van der Waals surface area contributed by atoms with E-state index < -0.39 is 16.9 Å². The number of thiol groups is 2. The highest BCUT2D eigenvalue weighted by Crippen LogP contribution is 2.66. The first-order valence-corrected chi connectivity index (χ1v) is 12.6. The van der Waals surface area contributed by atoms with Gasteiger partial charge in [0.05, 0.1) is 0 Å². The largest absolute Gasteiger partial charge is 0.500 e. The van der Waals surface area contributed by atoms with Crippen LogP contribution in [-0.4, -0.2) is 41.6 Å². The maximum Gasteiger partial charge on any atom is 0.500 e. The Kier molecular flexibility index (Phi) is 10.2. The molecule has 0 spiro atoms. The van der Waals surface area contributed by atoms with Crippen LogP contribution in [0.25, 0.3) is 0 Å². The molecule has 17 heavy (non-hydrogen) atoms. The Morgan fingerprint density at radius 3 is 2.06 bits per heavy atom. The maximum absolute atomic E-state index is 5.39. The summed E-state index contributed by atoms with van der Waals surface area (Å²) >= 11 is 9.06. The lowest BCUT2D eigenvalue weighted by atomic mass is 10.6. The van der Waals surface area contributed by atoms with Gasteiger partial charge >= 0.3 is 8.80 Å². The maximum atomic E-state index is 5.39. The fourth-order valence-electron chi connectivity index (χ4n) is 1.47. The molecule has 0 aliphatic carbocycles. The first-order chi connectivity index (χ1) is 8.01. The Hall–Kier alpha value is 1.50. The molecule has 1 radical (unpaired) electrons. The Labute approximate surface area is 121 Å². The van der Waals surface area contributed by atoms with Crippen LogP contribution in [0.2, 0.25) is 6.04 Å². The van der Waals surface area contributed by atoms with Gasteiger partial charge in [0.2, 0.25) is 0 Å². The average Bonchev–Trinajstić information content (AvgIpc) is 2.36. The van der Waals surface area contributed by atoms with Crippen molar-refractivity contribution in [1.29, 1.82) is 0 Å². The third-order valence-corrected chi connectivity index (χ3v) is 14.7. The minimum absolute atomic E-state index is 0.817. The molecule has 0 aliphatic rings. The van der Waals surface area contributed by atoms with E-state index in [2.05, 4.69) is 18.6 Å². The van der Waals surface area contributed by atoms with Gasteiger partial charge in [-0.1, -0.05) is 6.92 Å². The molecule has 0 amide bonds. The standard InChI is InChI=1S/C9H23O3S4Si/c1-5-7-16(14,15-13)8-6-9-17(10-2,11-3)12-4/h13-14H,1,5-9H2,2-4H3. The van der Waals surface area contributed by atoms with E-state index in [0.717, 1.165) is 30.4 Å². The van der Waals surface area contributed by atoms with Crippen LogP contribution in [0, 0.1) is 6.92 Å². The third-order valence-electron chi connectivity index (χ3n) is 2.48. The Morgan fingerprint density at radius 1 is 1.18 bits per heavy atom. The molecule has 0 rings (SSSR count). The van der Waals surface area contributed by atoms with Crippen LogP contribution in [0.3, 0.4) is 0 Å². The molecule has 0 bridgehead atoms. The predicted octanol–water partition coefficient (Wildman–Crippen LogP) is 3.62. The van der Waals surface area contributed by atoms with Gasteiger partial charge in [-0.05, 0) is 34.2 Å². The molecular formula is C9H23O3S4Si. The molecule has 8 heteroatoms. The second-order valence-corrected chi connectivity index (χ2v) is 15.7. The molecule has 0 aromatic heterocycles. The topological polar surface area (TPSA) is 27.7 Å². The summed E-state index contributed by atoms with van der Waals surface area (Å²) in [5, 5.41) is 0. The fourth-order valence-corrected chi connectivity index (χ4v) is 8.12. The summed E-state index contributed by atoms with van der Waals surface area (Å²) in [6, 6.07) is 0.817. The van der Waals surface area contributed by atoms with Gasteiger partial charge < -0.3 is 13.3 Å². The normalized spacial score (nSPS) is 17.8. The minimum Gasteiger partial charge on any atom is -0.377 e. The highest BCUT2D eigenvalue weighted by molar-refractivity contribution is 9.33. The number of hydrogen-bond donors (Lipinski definition) is 2. The van der Waals surface area contributed by atoms with Crippen molar-refractivity contribution in [2.75, 3.05) is 32.8 Å². The Bertz CT molecular complexity index is 198. The van der Waals surface area contributed by atoms with E-state index in [-0.39, 0.29) is 0 Å². The van der Waals surface area contributed by atoms with Gasteiger partial charge in [-0.15, -0.1) is 31.4 Å². The highest BCUT2D eigenvalue weighted by atomic mass is 33.7. The predicted molar refractivity (Wildman–Crippen MR) is 89.1 cm³/mol. The van der Waals surface area contributed by atoms with Crippen LogP contribution >= 0.6 is 41.2 Å². The SMILES string of the molecule is [CH2]CCS(S)(CCC[Si](OC)(OC)OC)SS. The first kappa shape index (κ1) is 18.5. The Morgan fingerprint density at radius 2 is 1.71 bits per heavy atom. The molecule has 105 valence electrons. The minimum atomic E-state index is -2.42. The van der Waals surface area contributed by atoms with E-state index in [4.69, 9.17) is 24.9 Å². The van der Waals surface area contributed by atoms with E-state index in [1.165, 1.54) is 0 Å². The van der Waals surface area contributed by atoms with Gasteiger partial charge in [-0.2, -0.15) is 0 Å². The molecule has 1 unspecified atom stereocenters. The highest BCUT2D eigenvalue weighted by Gasteiger charge is 2.37. The van der Waals surface area contributed by atoms with Crippen LogP contribution in [-0.2, 0) is 13.3 Å². The monoisotopic (exact) mass is 335 g/mol. The van der Waals surface area contributed by atoms with Crippen molar-refractivity contribution >= 4 is 50.0 Å². The zero-order valence-electron chi connectivity index (χ0n) is 10.7. The summed E-state index contributed by atoms with van der Waals surface area (Å²) in [7, 11) is 3.06. The fraction of sp³-hybridized carbons (Fsp3) is 0.889. The van der Waals surface area contributed by atoms with Crippen LogP contribution < -0.4 is 0 Å². The number of rotatable bonds is 10. The van der Waals surface area contributed by atoms with Gasteiger partial charge in [-0.3, -0.25) is 0 Å². The summed E-state index contributed by atoms with van der Waals surface area (Å²) in [5.74, 6) is 2.04. The molecule has 0 saturated heterocycles. The molecule has 0 fully saturated rings. The van der Waals surface area contributed by atoms with Crippen LogP contribution in [0.1, 0.15) is 12.8 Å². The van der Waals surface area contributed by atoms with Crippen molar-refractivity contribution in [2.45, 2.75) is 18.9 Å². The first-order valence-electron chi connectivity index (χ1n) is 5.30. The summed E-state index contributed by atoms with van der Waals surface area (Å²) in [6.45, 7) is 3.88. The lowest BCUT2D eigenvalue weighted by molar-refractivity contribution is 0.123. The summed E-state index contributed by atoms with van der Waals surface area (Å²) < 4.78 is 16.2.